The van der Waals surface area contributed by atoms with Crippen molar-refractivity contribution in [1.82, 2.24) is 5.32 Å². The Labute approximate surface area is 221 Å². The molecule has 1 heterocycles. The van der Waals surface area contributed by atoms with E-state index in [4.69, 9.17) is 0 Å². The fraction of sp³-hybridized carbons (Fsp3) is 0.241. The number of amides is 4. The molecule has 0 saturated heterocycles. The van der Waals surface area contributed by atoms with Crippen molar-refractivity contribution in [3.8, 4) is 0 Å². The summed E-state index contributed by atoms with van der Waals surface area (Å²) in [6, 6.07) is 20.9. The number of urea groups is 1. The predicted octanol–water partition coefficient (Wildman–Crippen LogP) is 4.30. The van der Waals surface area contributed by atoms with Gasteiger partial charge in [0.05, 0.1) is 5.56 Å². The fourth-order valence-electron chi connectivity index (χ4n) is 4.60. The van der Waals surface area contributed by atoms with Crippen LogP contribution in [0.2, 0.25) is 0 Å². The maximum absolute atomic E-state index is 13.7. The first-order valence-corrected chi connectivity index (χ1v) is 12.4. The summed E-state index contributed by atoms with van der Waals surface area (Å²) in [5.74, 6) is -1.75. The molecular formula is C29H30N4O5. The lowest BCUT2D eigenvalue weighted by atomic mass is 10.1. The summed E-state index contributed by atoms with van der Waals surface area (Å²) in [5.41, 5.74) is 2.60. The molecule has 9 heteroatoms. The van der Waals surface area contributed by atoms with Gasteiger partial charge in [-0.05, 0) is 68.7 Å². The largest absolute Gasteiger partial charge is 0.478 e. The van der Waals surface area contributed by atoms with E-state index in [2.05, 4.69) is 10.6 Å². The average molecular weight is 515 g/mol. The molecule has 3 N–H and O–H groups in total. The number of nitrogens with one attached hydrogen (secondary N) is 2. The third-order valence-electron chi connectivity index (χ3n) is 6.33. The molecule has 38 heavy (non-hydrogen) atoms. The van der Waals surface area contributed by atoms with Crippen molar-refractivity contribution in [2.45, 2.75) is 38.8 Å². The first-order valence-electron chi connectivity index (χ1n) is 12.4. The van der Waals surface area contributed by atoms with Crippen molar-refractivity contribution >= 4 is 40.9 Å². The van der Waals surface area contributed by atoms with Gasteiger partial charge in [0.15, 0.2) is 0 Å². The normalized spacial score (nSPS) is 14.9. The number of nitrogens with zero attached hydrogens (tertiary/aromatic N) is 2. The van der Waals surface area contributed by atoms with Gasteiger partial charge in [-0.1, -0.05) is 42.5 Å². The minimum Gasteiger partial charge on any atom is -0.478 e. The van der Waals surface area contributed by atoms with Crippen molar-refractivity contribution in [3.63, 3.8) is 0 Å². The molecule has 0 saturated carbocycles. The van der Waals surface area contributed by atoms with Gasteiger partial charge >= 0.3 is 12.0 Å². The number of aromatic carboxylic acids is 1. The van der Waals surface area contributed by atoms with Crippen LogP contribution < -0.4 is 20.4 Å². The van der Waals surface area contributed by atoms with Gasteiger partial charge in [0, 0.05) is 23.1 Å². The number of hydrogen-bond donors (Lipinski definition) is 3. The second-order valence-corrected chi connectivity index (χ2v) is 9.32. The van der Waals surface area contributed by atoms with Crippen LogP contribution in [-0.2, 0) is 16.0 Å². The number of rotatable bonds is 7. The third kappa shape index (κ3) is 6.00. The summed E-state index contributed by atoms with van der Waals surface area (Å²) in [5, 5.41) is 14.5. The Balaban J connectivity index is 1.56. The highest BCUT2D eigenvalue weighted by Gasteiger charge is 2.34. The second-order valence-electron chi connectivity index (χ2n) is 9.32. The zero-order valence-corrected chi connectivity index (χ0v) is 21.3. The second kappa shape index (κ2) is 11.6. The van der Waals surface area contributed by atoms with E-state index in [-0.39, 0.29) is 29.7 Å². The molecule has 1 unspecified atom stereocenters. The van der Waals surface area contributed by atoms with Crippen LogP contribution in [-0.4, -0.2) is 47.5 Å². The number of carbonyl (C=O) groups excluding carboxylic acids is 3. The fourth-order valence-corrected chi connectivity index (χ4v) is 4.60. The molecule has 0 aliphatic carbocycles. The van der Waals surface area contributed by atoms with Gasteiger partial charge < -0.3 is 25.5 Å². The van der Waals surface area contributed by atoms with Gasteiger partial charge in [-0.3, -0.25) is 9.59 Å². The van der Waals surface area contributed by atoms with E-state index in [0.717, 1.165) is 11.3 Å². The highest BCUT2D eigenvalue weighted by molar-refractivity contribution is 6.07. The Morgan fingerprint density at radius 1 is 1.00 bits per heavy atom. The van der Waals surface area contributed by atoms with Gasteiger partial charge in [-0.15, -0.1) is 0 Å². The molecule has 0 radical (unpaired) electrons. The number of anilines is 3. The Morgan fingerprint density at radius 2 is 1.71 bits per heavy atom. The van der Waals surface area contributed by atoms with Crippen LogP contribution in [0.3, 0.4) is 0 Å². The maximum atomic E-state index is 13.7. The predicted molar refractivity (Wildman–Crippen MR) is 146 cm³/mol. The van der Waals surface area contributed by atoms with Crippen LogP contribution in [0, 0.1) is 0 Å². The number of carbonyl (C=O) groups is 4. The van der Waals surface area contributed by atoms with Crippen molar-refractivity contribution in [2.24, 2.45) is 0 Å². The van der Waals surface area contributed by atoms with Gasteiger partial charge in [-0.2, -0.15) is 0 Å². The third-order valence-corrected chi connectivity index (χ3v) is 6.33. The van der Waals surface area contributed by atoms with E-state index >= 15 is 0 Å². The number of para-hydroxylation sites is 2. The smallest absolute Gasteiger partial charge is 0.335 e. The quantitative estimate of drug-likeness (QED) is 0.435. The SMILES string of the molecule is CC(C)N(C(=O)CN1C(=O)C(NC(=O)Nc2cccc(C(=O)O)c2)CCc2ccccc21)c1ccccc1. The summed E-state index contributed by atoms with van der Waals surface area (Å²) < 4.78 is 0. The number of benzene rings is 3. The van der Waals surface area contributed by atoms with Crippen molar-refractivity contribution < 1.29 is 24.3 Å². The molecular weight excluding hydrogens is 484 g/mol. The zero-order chi connectivity index (χ0) is 27.2. The Hall–Kier alpha value is -4.66. The average Bonchev–Trinajstić information content (AvgIpc) is 3.02. The Kier molecular flexibility index (Phi) is 8.06. The topological polar surface area (TPSA) is 119 Å². The van der Waals surface area contributed by atoms with Crippen LogP contribution in [0.25, 0.3) is 0 Å². The maximum Gasteiger partial charge on any atom is 0.335 e. The van der Waals surface area contributed by atoms with Crippen LogP contribution in [0.5, 0.6) is 0 Å². The van der Waals surface area contributed by atoms with Crippen LogP contribution >= 0.6 is 0 Å². The van der Waals surface area contributed by atoms with Crippen LogP contribution in [0.1, 0.15) is 36.2 Å². The van der Waals surface area contributed by atoms with Crippen molar-refractivity contribution in [3.05, 3.63) is 90.0 Å². The molecule has 0 aromatic heterocycles. The molecule has 196 valence electrons. The van der Waals surface area contributed by atoms with Gasteiger partial charge in [0.25, 0.3) is 0 Å². The van der Waals surface area contributed by atoms with Crippen LogP contribution in [0.4, 0.5) is 21.9 Å². The number of hydrogen-bond acceptors (Lipinski definition) is 4. The minimum absolute atomic E-state index is 0.0293. The highest BCUT2D eigenvalue weighted by atomic mass is 16.4. The van der Waals surface area contributed by atoms with E-state index in [1.165, 1.54) is 23.1 Å². The molecule has 0 fully saturated rings. The van der Waals surface area contributed by atoms with E-state index in [1.54, 1.807) is 11.0 Å². The van der Waals surface area contributed by atoms with Gasteiger partial charge in [0.1, 0.15) is 12.6 Å². The molecule has 4 rings (SSSR count). The number of aryl methyl sites for hydroxylation is 1. The first kappa shape index (κ1) is 26.4. The lowest BCUT2D eigenvalue weighted by molar-refractivity contribution is -0.123. The lowest BCUT2D eigenvalue weighted by Gasteiger charge is -2.31. The van der Waals surface area contributed by atoms with Gasteiger partial charge in [0.2, 0.25) is 11.8 Å². The summed E-state index contributed by atoms with van der Waals surface area (Å²) in [6.45, 7) is 3.64. The molecule has 9 nitrogen and oxygen atoms in total. The molecule has 4 amide bonds. The monoisotopic (exact) mass is 514 g/mol. The molecule has 0 spiro atoms. The molecule has 1 aliphatic rings. The van der Waals surface area contributed by atoms with Gasteiger partial charge in [-0.25, -0.2) is 9.59 Å². The van der Waals surface area contributed by atoms with Crippen molar-refractivity contribution in [2.75, 3.05) is 21.7 Å². The van der Waals surface area contributed by atoms with Crippen molar-refractivity contribution in [1.29, 1.82) is 0 Å². The zero-order valence-electron chi connectivity index (χ0n) is 21.3. The minimum atomic E-state index is -1.11. The Bertz CT molecular complexity index is 1340. The summed E-state index contributed by atoms with van der Waals surface area (Å²) >= 11 is 0. The molecule has 0 bridgehead atoms. The summed E-state index contributed by atoms with van der Waals surface area (Å²) in [4.78, 5) is 54.4. The highest BCUT2D eigenvalue weighted by Crippen LogP contribution is 2.28. The standard InChI is InChI=1S/C29H30N4O5/c1-19(2)33(23-12-4-3-5-13-23)26(34)18-32-25-14-7-6-9-20(25)15-16-24(27(32)35)31-29(38)30-22-11-8-10-21(17-22)28(36)37/h3-14,17,19,24H,15-16,18H2,1-2H3,(H,36,37)(H2,30,31,38). The number of fused-ring (bicyclic) bond motifs is 1. The molecule has 3 aromatic rings. The number of carboxylic acids is 1. The first-order chi connectivity index (χ1) is 18.2. The molecule has 3 aromatic carbocycles. The van der Waals surface area contributed by atoms with E-state index in [9.17, 15) is 24.3 Å². The van der Waals surface area contributed by atoms with E-state index < -0.39 is 23.9 Å². The van der Waals surface area contributed by atoms with Crippen LogP contribution in [0.15, 0.2) is 78.9 Å². The summed E-state index contributed by atoms with van der Waals surface area (Å²) in [6.07, 6.45) is 0.869. The van der Waals surface area contributed by atoms with E-state index in [0.29, 0.717) is 18.5 Å². The Morgan fingerprint density at radius 3 is 2.42 bits per heavy atom. The molecule has 1 atom stereocenters. The summed E-state index contributed by atoms with van der Waals surface area (Å²) in [7, 11) is 0. The van der Waals surface area contributed by atoms with E-state index in [1.807, 2.05) is 68.4 Å². The number of carboxylic acid groups (broad SMARTS) is 1. The molecule has 1 aliphatic heterocycles. The lowest BCUT2D eigenvalue weighted by Crippen LogP contribution is -2.52.